The van der Waals surface area contributed by atoms with Gasteiger partial charge in [0.2, 0.25) is 0 Å². The number of ether oxygens (including phenoxy) is 1. The number of aliphatic hydroxyl groups excluding tert-OH is 1. The second kappa shape index (κ2) is 11.6. The third-order valence-corrected chi connectivity index (χ3v) is 7.95. The lowest BCUT2D eigenvalue weighted by Crippen LogP contribution is -2.48. The number of para-hydroxylation sites is 1. The van der Waals surface area contributed by atoms with E-state index in [9.17, 15) is 14.7 Å². The second-order valence-electron chi connectivity index (χ2n) is 10.7. The van der Waals surface area contributed by atoms with Crippen molar-refractivity contribution < 1.29 is 19.4 Å². The van der Waals surface area contributed by atoms with Crippen molar-refractivity contribution >= 4 is 22.7 Å². The Morgan fingerprint density at radius 3 is 2.58 bits per heavy atom. The van der Waals surface area contributed by atoms with Crippen molar-refractivity contribution in [2.75, 3.05) is 26.7 Å². The summed E-state index contributed by atoms with van der Waals surface area (Å²) in [4.78, 5) is 35.0. The van der Waals surface area contributed by atoms with Crippen LogP contribution in [0.25, 0.3) is 22.0 Å². The predicted octanol–water partition coefficient (Wildman–Crippen LogP) is 4.37. The van der Waals surface area contributed by atoms with Crippen molar-refractivity contribution in [3.05, 3.63) is 89.9 Å². The first-order valence-electron chi connectivity index (χ1n) is 13.7. The molecule has 0 fully saturated rings. The first-order valence-corrected chi connectivity index (χ1v) is 13.7. The minimum absolute atomic E-state index is 0.122. The zero-order valence-electron chi connectivity index (χ0n) is 23.4. The van der Waals surface area contributed by atoms with Gasteiger partial charge in [-0.2, -0.15) is 0 Å². The number of benzene rings is 2. The molecule has 2 aromatic carbocycles. The summed E-state index contributed by atoms with van der Waals surface area (Å²) in [6.07, 6.45) is 2.85. The van der Waals surface area contributed by atoms with E-state index in [0.29, 0.717) is 31.0 Å². The molecule has 8 nitrogen and oxygen atoms in total. The number of nitrogens with zero attached hydrogens (tertiary/aromatic N) is 4. The maximum atomic E-state index is 14.4. The number of likely N-dealkylation sites (N-methyl/N-ethyl adjacent to an activating group) is 1. The van der Waals surface area contributed by atoms with Gasteiger partial charge in [0.25, 0.3) is 11.8 Å². The quantitative estimate of drug-likeness (QED) is 0.406. The van der Waals surface area contributed by atoms with E-state index in [4.69, 9.17) is 4.74 Å². The fraction of sp³-hybridized carbons (Fsp3) is 0.344. The van der Waals surface area contributed by atoms with Gasteiger partial charge in [-0.15, -0.1) is 0 Å². The summed E-state index contributed by atoms with van der Waals surface area (Å²) in [5, 5.41) is 11.2. The van der Waals surface area contributed by atoms with E-state index >= 15 is 0 Å². The standard InChI is InChI=1S/C32H36N4O4/c1-21-17-36(22(2)19-37)32(39)30-29(26-11-7-8-12-27(26)35(30)4)25-10-6-5-9-24(25)20-40-28(21)18-34(3)31(38)23-13-15-33-16-14-23/h5-16,21-22,28,37H,17-20H2,1-4H3/t21-,22+,28-/m1/s1. The number of rotatable bonds is 5. The van der Waals surface area contributed by atoms with Crippen LogP contribution >= 0.6 is 0 Å². The highest BCUT2D eigenvalue weighted by Gasteiger charge is 2.34. The lowest BCUT2D eigenvalue weighted by atomic mass is 9.96. The highest BCUT2D eigenvalue weighted by atomic mass is 16.5. The SMILES string of the molecule is C[C@@H]1CN([C@@H](C)CO)C(=O)c2c(c3ccccc3n2C)-c2ccccc2CO[C@@H]1CN(C)C(=O)c1ccncc1. The Hall–Kier alpha value is -4.01. The van der Waals surface area contributed by atoms with Crippen molar-refractivity contribution in [3.8, 4) is 11.1 Å². The molecule has 1 aliphatic heterocycles. The zero-order chi connectivity index (χ0) is 28.4. The maximum absolute atomic E-state index is 14.4. The molecule has 0 radical (unpaired) electrons. The smallest absolute Gasteiger partial charge is 0.271 e. The average Bonchev–Trinajstić information content (AvgIpc) is 3.28. The largest absolute Gasteiger partial charge is 0.394 e. The molecule has 0 saturated heterocycles. The number of carbonyl (C=O) groups excluding carboxylic acids is 2. The van der Waals surface area contributed by atoms with E-state index in [1.807, 2.05) is 74.0 Å². The van der Waals surface area contributed by atoms with Crippen LogP contribution in [0.2, 0.25) is 0 Å². The highest BCUT2D eigenvalue weighted by Crippen LogP contribution is 2.38. The van der Waals surface area contributed by atoms with Crippen LogP contribution < -0.4 is 0 Å². The van der Waals surface area contributed by atoms with Crippen LogP contribution in [0.5, 0.6) is 0 Å². The molecule has 2 amide bonds. The van der Waals surface area contributed by atoms with E-state index in [1.165, 1.54) is 0 Å². The Kier molecular flexibility index (Phi) is 8.00. The highest BCUT2D eigenvalue weighted by molar-refractivity contribution is 6.10. The number of aromatic nitrogens is 2. The molecule has 4 aromatic rings. The summed E-state index contributed by atoms with van der Waals surface area (Å²) in [6, 6.07) is 19.0. The molecular weight excluding hydrogens is 504 g/mol. The molecule has 0 unspecified atom stereocenters. The van der Waals surface area contributed by atoms with Gasteiger partial charge in [-0.05, 0) is 36.2 Å². The molecule has 40 heavy (non-hydrogen) atoms. The molecule has 5 rings (SSSR count). The predicted molar refractivity (Wildman–Crippen MR) is 155 cm³/mol. The van der Waals surface area contributed by atoms with Crippen molar-refractivity contribution in [1.29, 1.82) is 0 Å². The van der Waals surface area contributed by atoms with Crippen LogP contribution in [0.3, 0.4) is 0 Å². The van der Waals surface area contributed by atoms with Crippen LogP contribution in [0.1, 0.15) is 40.3 Å². The van der Waals surface area contributed by atoms with Gasteiger partial charge >= 0.3 is 0 Å². The van der Waals surface area contributed by atoms with Gasteiger partial charge in [0, 0.05) is 67.5 Å². The van der Waals surface area contributed by atoms with E-state index < -0.39 is 6.04 Å². The summed E-state index contributed by atoms with van der Waals surface area (Å²) < 4.78 is 8.55. The molecule has 0 spiro atoms. The Balaban J connectivity index is 1.60. The summed E-state index contributed by atoms with van der Waals surface area (Å²) in [7, 11) is 3.69. The number of hydrogen-bond donors (Lipinski definition) is 1. The molecule has 1 aliphatic rings. The summed E-state index contributed by atoms with van der Waals surface area (Å²) in [5.41, 5.74) is 4.89. The van der Waals surface area contributed by atoms with Gasteiger partial charge < -0.3 is 24.2 Å². The van der Waals surface area contributed by atoms with Crippen molar-refractivity contribution in [1.82, 2.24) is 19.4 Å². The van der Waals surface area contributed by atoms with Crippen LogP contribution in [0.4, 0.5) is 0 Å². The van der Waals surface area contributed by atoms with Crippen LogP contribution in [0.15, 0.2) is 73.1 Å². The lowest BCUT2D eigenvalue weighted by Gasteiger charge is -2.35. The molecule has 1 N–H and O–H groups in total. The molecule has 3 heterocycles. The Morgan fingerprint density at radius 1 is 1.12 bits per heavy atom. The molecule has 2 aromatic heterocycles. The van der Waals surface area contributed by atoms with Gasteiger partial charge in [0.15, 0.2) is 0 Å². The zero-order valence-corrected chi connectivity index (χ0v) is 23.4. The molecule has 0 bridgehead atoms. The van der Waals surface area contributed by atoms with Crippen LogP contribution in [0, 0.1) is 5.92 Å². The number of amides is 2. The van der Waals surface area contributed by atoms with Crippen molar-refractivity contribution in [3.63, 3.8) is 0 Å². The molecule has 3 atom stereocenters. The number of pyridine rings is 1. The number of hydrogen-bond acceptors (Lipinski definition) is 5. The fourth-order valence-electron chi connectivity index (χ4n) is 5.59. The monoisotopic (exact) mass is 540 g/mol. The normalized spacial score (nSPS) is 18.5. The Bertz CT molecular complexity index is 1520. The third-order valence-electron chi connectivity index (χ3n) is 7.95. The summed E-state index contributed by atoms with van der Waals surface area (Å²) in [5.74, 6) is -0.392. The topological polar surface area (TPSA) is 87.9 Å². The summed E-state index contributed by atoms with van der Waals surface area (Å²) >= 11 is 0. The first-order chi connectivity index (χ1) is 19.3. The van der Waals surface area contributed by atoms with Gasteiger partial charge in [0.1, 0.15) is 5.69 Å². The minimum atomic E-state index is -0.409. The number of aliphatic hydroxyl groups is 1. The number of aryl methyl sites for hydroxylation is 1. The lowest BCUT2D eigenvalue weighted by molar-refractivity contribution is -0.0210. The second-order valence-corrected chi connectivity index (χ2v) is 10.7. The molecule has 8 heteroatoms. The number of carbonyl (C=O) groups is 2. The van der Waals surface area contributed by atoms with Crippen molar-refractivity contribution in [2.45, 2.75) is 32.6 Å². The van der Waals surface area contributed by atoms with E-state index in [2.05, 4.69) is 4.98 Å². The summed E-state index contributed by atoms with van der Waals surface area (Å²) in [6.45, 7) is 4.76. The maximum Gasteiger partial charge on any atom is 0.271 e. The minimum Gasteiger partial charge on any atom is -0.394 e. The van der Waals surface area contributed by atoms with Gasteiger partial charge in [-0.25, -0.2) is 0 Å². The Labute approximate surface area is 234 Å². The van der Waals surface area contributed by atoms with Gasteiger partial charge in [-0.3, -0.25) is 14.6 Å². The van der Waals surface area contributed by atoms with Gasteiger partial charge in [0.05, 0.1) is 25.4 Å². The number of fused-ring (bicyclic) bond motifs is 5. The first kappa shape index (κ1) is 27.6. The van der Waals surface area contributed by atoms with E-state index in [1.54, 1.807) is 41.4 Å². The third kappa shape index (κ3) is 5.12. The molecule has 0 saturated carbocycles. The van der Waals surface area contributed by atoms with Gasteiger partial charge in [-0.1, -0.05) is 49.4 Å². The molecule has 208 valence electrons. The van der Waals surface area contributed by atoms with Crippen LogP contribution in [-0.2, 0) is 18.4 Å². The average molecular weight is 541 g/mol. The molecule has 0 aliphatic carbocycles. The fourth-order valence-corrected chi connectivity index (χ4v) is 5.59. The van der Waals surface area contributed by atoms with Crippen LogP contribution in [-0.4, -0.2) is 75.2 Å². The van der Waals surface area contributed by atoms with Crippen molar-refractivity contribution in [2.24, 2.45) is 13.0 Å². The Morgan fingerprint density at radius 2 is 1.82 bits per heavy atom. The molecular formula is C32H36N4O4. The van der Waals surface area contributed by atoms with E-state index in [-0.39, 0.29) is 30.4 Å². The van der Waals surface area contributed by atoms with E-state index in [0.717, 1.165) is 27.6 Å².